The summed E-state index contributed by atoms with van der Waals surface area (Å²) >= 11 is 0. The molecular formula is C14H26N2O3. The fraction of sp³-hybridized carbons (Fsp3) is 0.857. The lowest BCUT2D eigenvalue weighted by Gasteiger charge is -2.37. The van der Waals surface area contributed by atoms with Gasteiger partial charge in [0.05, 0.1) is 0 Å². The lowest BCUT2D eigenvalue weighted by molar-refractivity contribution is -0.144. The summed E-state index contributed by atoms with van der Waals surface area (Å²) in [6.45, 7) is 9.73. The standard InChI is InChI=1S/C14H26N2O3/c1-9(13(2,3)4)16(6)12(19)15-14(5,11(17)18)10-7-8-10/h9-10H,7-8H2,1-6H3,(H,15,19)(H,17,18). The van der Waals surface area contributed by atoms with Gasteiger partial charge in [0.2, 0.25) is 0 Å². The quantitative estimate of drug-likeness (QED) is 0.823. The number of hydrogen-bond acceptors (Lipinski definition) is 2. The first-order chi connectivity index (χ1) is 8.50. The maximum atomic E-state index is 12.2. The van der Waals surface area contributed by atoms with Gasteiger partial charge in [-0.2, -0.15) is 0 Å². The minimum Gasteiger partial charge on any atom is -0.480 e. The van der Waals surface area contributed by atoms with Crippen molar-refractivity contribution in [2.45, 2.75) is 59.0 Å². The molecule has 2 unspecified atom stereocenters. The Morgan fingerprint density at radius 1 is 1.26 bits per heavy atom. The van der Waals surface area contributed by atoms with Crippen LogP contribution in [0.1, 0.15) is 47.5 Å². The minimum absolute atomic E-state index is 0.0183. The van der Waals surface area contributed by atoms with Crippen LogP contribution >= 0.6 is 0 Å². The summed E-state index contributed by atoms with van der Waals surface area (Å²) in [6, 6.07) is -0.302. The molecule has 0 radical (unpaired) electrons. The predicted octanol–water partition coefficient (Wildman–Crippen LogP) is 2.32. The Bertz CT molecular complexity index is 371. The molecule has 0 heterocycles. The maximum Gasteiger partial charge on any atom is 0.329 e. The molecule has 1 fully saturated rings. The zero-order valence-electron chi connectivity index (χ0n) is 12.8. The zero-order valence-corrected chi connectivity index (χ0v) is 12.8. The Balaban J connectivity index is 2.75. The average Bonchev–Trinajstić information content (AvgIpc) is 3.08. The number of amides is 2. The number of urea groups is 1. The van der Waals surface area contributed by atoms with Crippen LogP contribution in [0.2, 0.25) is 0 Å². The Morgan fingerprint density at radius 2 is 1.74 bits per heavy atom. The van der Waals surface area contributed by atoms with E-state index in [0.29, 0.717) is 0 Å². The van der Waals surface area contributed by atoms with Crippen molar-refractivity contribution in [2.24, 2.45) is 11.3 Å². The van der Waals surface area contributed by atoms with Crippen molar-refractivity contribution in [3.63, 3.8) is 0 Å². The van der Waals surface area contributed by atoms with Gasteiger partial charge in [-0.3, -0.25) is 0 Å². The molecule has 1 rings (SSSR count). The summed E-state index contributed by atoms with van der Waals surface area (Å²) in [5, 5.41) is 12.0. The van der Waals surface area contributed by atoms with Crippen molar-refractivity contribution >= 4 is 12.0 Å². The van der Waals surface area contributed by atoms with Crippen LogP contribution in [0.25, 0.3) is 0 Å². The smallest absolute Gasteiger partial charge is 0.329 e. The van der Waals surface area contributed by atoms with E-state index in [4.69, 9.17) is 0 Å². The van der Waals surface area contributed by atoms with Crippen molar-refractivity contribution in [2.75, 3.05) is 7.05 Å². The largest absolute Gasteiger partial charge is 0.480 e. The van der Waals surface area contributed by atoms with E-state index in [1.165, 1.54) is 0 Å². The third-order valence-electron chi connectivity index (χ3n) is 4.36. The van der Waals surface area contributed by atoms with Crippen LogP contribution < -0.4 is 5.32 Å². The van der Waals surface area contributed by atoms with E-state index in [9.17, 15) is 14.7 Å². The van der Waals surface area contributed by atoms with Gasteiger partial charge < -0.3 is 15.3 Å². The second-order valence-electron chi connectivity index (χ2n) is 6.86. The van der Waals surface area contributed by atoms with Gasteiger partial charge in [0, 0.05) is 13.1 Å². The molecule has 2 N–H and O–H groups in total. The van der Waals surface area contributed by atoms with Crippen molar-refractivity contribution in [1.29, 1.82) is 0 Å². The second-order valence-corrected chi connectivity index (χ2v) is 6.86. The Hall–Kier alpha value is -1.26. The molecule has 0 bridgehead atoms. The van der Waals surface area contributed by atoms with E-state index in [1.807, 2.05) is 6.92 Å². The van der Waals surface area contributed by atoms with Gasteiger partial charge in [0.1, 0.15) is 5.54 Å². The molecule has 1 saturated carbocycles. The molecule has 0 aromatic rings. The molecule has 19 heavy (non-hydrogen) atoms. The number of hydrogen-bond donors (Lipinski definition) is 2. The van der Waals surface area contributed by atoms with E-state index >= 15 is 0 Å². The monoisotopic (exact) mass is 270 g/mol. The van der Waals surface area contributed by atoms with E-state index in [-0.39, 0.29) is 23.4 Å². The van der Waals surface area contributed by atoms with Crippen molar-refractivity contribution in [3.8, 4) is 0 Å². The number of aliphatic carboxylic acids is 1. The zero-order chi connectivity index (χ0) is 15.0. The van der Waals surface area contributed by atoms with Crippen LogP contribution in [-0.2, 0) is 4.79 Å². The molecule has 0 aliphatic heterocycles. The molecule has 110 valence electrons. The van der Waals surface area contributed by atoms with Crippen LogP contribution in [0, 0.1) is 11.3 Å². The predicted molar refractivity (Wildman–Crippen MR) is 74.0 cm³/mol. The van der Waals surface area contributed by atoms with Crippen LogP contribution in [0.5, 0.6) is 0 Å². The van der Waals surface area contributed by atoms with Crippen LogP contribution in [0.15, 0.2) is 0 Å². The summed E-state index contributed by atoms with van der Waals surface area (Å²) < 4.78 is 0. The fourth-order valence-corrected chi connectivity index (χ4v) is 2.06. The molecule has 1 aliphatic carbocycles. The van der Waals surface area contributed by atoms with E-state index in [2.05, 4.69) is 26.1 Å². The number of nitrogens with zero attached hydrogens (tertiary/aromatic N) is 1. The fourth-order valence-electron chi connectivity index (χ4n) is 2.06. The average molecular weight is 270 g/mol. The topological polar surface area (TPSA) is 69.6 Å². The maximum absolute atomic E-state index is 12.2. The number of carboxylic acids is 1. The third-order valence-corrected chi connectivity index (χ3v) is 4.36. The Morgan fingerprint density at radius 3 is 2.05 bits per heavy atom. The lowest BCUT2D eigenvalue weighted by atomic mass is 9.87. The van der Waals surface area contributed by atoms with Crippen molar-refractivity contribution < 1.29 is 14.7 Å². The summed E-state index contributed by atoms with van der Waals surface area (Å²) in [6.07, 6.45) is 1.73. The molecule has 0 aromatic heterocycles. The van der Waals surface area contributed by atoms with Gasteiger partial charge in [0.25, 0.3) is 0 Å². The van der Waals surface area contributed by atoms with Gasteiger partial charge in [-0.1, -0.05) is 20.8 Å². The highest BCUT2D eigenvalue weighted by Gasteiger charge is 2.49. The van der Waals surface area contributed by atoms with Gasteiger partial charge in [0.15, 0.2) is 0 Å². The highest BCUT2D eigenvalue weighted by molar-refractivity contribution is 5.86. The minimum atomic E-state index is -1.15. The number of carboxylic acid groups (broad SMARTS) is 1. The van der Waals surface area contributed by atoms with Gasteiger partial charge in [-0.05, 0) is 38.0 Å². The first kappa shape index (κ1) is 15.8. The highest BCUT2D eigenvalue weighted by atomic mass is 16.4. The van der Waals surface area contributed by atoms with Gasteiger partial charge in [-0.25, -0.2) is 9.59 Å². The summed E-state index contributed by atoms with van der Waals surface area (Å²) in [5.41, 5.74) is -1.20. The molecule has 2 atom stereocenters. The van der Waals surface area contributed by atoms with Crippen LogP contribution in [0.4, 0.5) is 4.79 Å². The van der Waals surface area contributed by atoms with Crippen molar-refractivity contribution in [3.05, 3.63) is 0 Å². The molecule has 2 amide bonds. The molecule has 0 spiro atoms. The molecule has 5 heteroatoms. The molecule has 1 aliphatic rings. The Kier molecular flexibility index (Phi) is 4.17. The number of carbonyl (C=O) groups is 2. The van der Waals surface area contributed by atoms with Gasteiger partial charge in [-0.15, -0.1) is 0 Å². The molecule has 0 aromatic carbocycles. The molecular weight excluding hydrogens is 244 g/mol. The highest BCUT2D eigenvalue weighted by Crippen LogP contribution is 2.40. The Labute approximate surface area is 115 Å². The third kappa shape index (κ3) is 3.39. The van der Waals surface area contributed by atoms with Crippen LogP contribution in [0.3, 0.4) is 0 Å². The molecule has 0 saturated heterocycles. The first-order valence-corrected chi connectivity index (χ1v) is 6.78. The summed E-state index contributed by atoms with van der Waals surface area (Å²) in [7, 11) is 1.71. The SMILES string of the molecule is CC(N(C)C(=O)NC(C)(C(=O)O)C1CC1)C(C)(C)C. The normalized spacial score (nSPS) is 20.3. The van der Waals surface area contributed by atoms with E-state index in [1.54, 1.807) is 18.9 Å². The van der Waals surface area contributed by atoms with E-state index in [0.717, 1.165) is 12.8 Å². The second kappa shape index (κ2) is 5.02. The lowest BCUT2D eigenvalue weighted by Crippen LogP contribution is -2.59. The summed E-state index contributed by atoms with van der Waals surface area (Å²) in [5.74, 6) is -0.910. The number of rotatable bonds is 4. The van der Waals surface area contributed by atoms with Crippen LogP contribution in [-0.4, -0.2) is 40.6 Å². The van der Waals surface area contributed by atoms with Crippen molar-refractivity contribution in [1.82, 2.24) is 10.2 Å². The van der Waals surface area contributed by atoms with E-state index < -0.39 is 11.5 Å². The summed E-state index contributed by atoms with van der Waals surface area (Å²) in [4.78, 5) is 25.2. The number of nitrogens with one attached hydrogen (secondary N) is 1. The molecule has 5 nitrogen and oxygen atoms in total. The first-order valence-electron chi connectivity index (χ1n) is 6.78. The number of carbonyl (C=O) groups excluding carboxylic acids is 1. The van der Waals surface area contributed by atoms with Gasteiger partial charge >= 0.3 is 12.0 Å².